The van der Waals surface area contributed by atoms with E-state index in [0.717, 1.165) is 29.2 Å². The molecular formula is C14H16N4O2S. The number of aromatic nitrogens is 2. The summed E-state index contributed by atoms with van der Waals surface area (Å²) in [6, 6.07) is 7.94. The molecule has 1 aromatic heterocycles. The van der Waals surface area contributed by atoms with Crippen LogP contribution in [0, 0.1) is 0 Å². The van der Waals surface area contributed by atoms with Gasteiger partial charge >= 0.3 is 6.03 Å². The Labute approximate surface area is 126 Å². The summed E-state index contributed by atoms with van der Waals surface area (Å²) in [5, 5.41) is 15.0. The Morgan fingerprint density at radius 2 is 2.10 bits per heavy atom. The summed E-state index contributed by atoms with van der Waals surface area (Å²) in [6.07, 6.45) is 2.81. The van der Waals surface area contributed by atoms with E-state index in [9.17, 15) is 4.79 Å². The highest BCUT2D eigenvalue weighted by Crippen LogP contribution is 2.21. The fourth-order valence-corrected chi connectivity index (χ4v) is 2.61. The van der Waals surface area contributed by atoms with E-state index in [1.807, 2.05) is 24.3 Å². The van der Waals surface area contributed by atoms with Gasteiger partial charge in [0, 0.05) is 12.5 Å². The Kier molecular flexibility index (Phi) is 4.01. The van der Waals surface area contributed by atoms with Crippen LogP contribution >= 0.6 is 11.3 Å². The molecule has 0 radical (unpaired) electrons. The van der Waals surface area contributed by atoms with Crippen LogP contribution in [0.1, 0.15) is 23.4 Å². The van der Waals surface area contributed by atoms with E-state index >= 15 is 0 Å². The number of hydrogen-bond donors (Lipinski definition) is 2. The SMILES string of the molecule is COc1ccc(Cc2nnc(NC(=O)NC3CC3)s2)cc1. The predicted octanol–water partition coefficient (Wildman–Crippen LogP) is 2.42. The van der Waals surface area contributed by atoms with E-state index in [2.05, 4.69) is 20.8 Å². The lowest BCUT2D eigenvalue weighted by atomic mass is 10.1. The second-order valence-electron chi connectivity index (χ2n) is 4.90. The number of nitrogens with zero attached hydrogens (tertiary/aromatic N) is 2. The first kappa shape index (κ1) is 13.8. The van der Waals surface area contributed by atoms with Crippen molar-refractivity contribution < 1.29 is 9.53 Å². The van der Waals surface area contributed by atoms with Gasteiger partial charge in [-0.25, -0.2) is 4.79 Å². The number of methoxy groups -OCH3 is 1. The molecule has 6 nitrogen and oxygen atoms in total. The van der Waals surface area contributed by atoms with Crippen molar-refractivity contribution >= 4 is 22.5 Å². The standard InChI is InChI=1S/C14H16N4O2S/c1-20-11-6-2-9(3-7-11)8-12-17-18-14(21-12)16-13(19)15-10-4-5-10/h2-3,6-7,10H,4-5,8H2,1H3,(H2,15,16,18,19). The Bertz CT molecular complexity index is 622. The van der Waals surface area contributed by atoms with Gasteiger partial charge in [-0.05, 0) is 30.5 Å². The average molecular weight is 304 g/mol. The Hall–Kier alpha value is -2.15. The largest absolute Gasteiger partial charge is 0.497 e. The molecule has 1 heterocycles. The highest BCUT2D eigenvalue weighted by molar-refractivity contribution is 7.15. The molecule has 0 saturated heterocycles. The second kappa shape index (κ2) is 6.09. The molecule has 1 saturated carbocycles. The summed E-state index contributed by atoms with van der Waals surface area (Å²) >= 11 is 1.39. The van der Waals surface area contributed by atoms with Gasteiger partial charge in [0.2, 0.25) is 5.13 Å². The van der Waals surface area contributed by atoms with Crippen molar-refractivity contribution in [2.24, 2.45) is 0 Å². The maximum atomic E-state index is 11.6. The number of ether oxygens (including phenoxy) is 1. The van der Waals surface area contributed by atoms with Crippen LogP contribution in [0.5, 0.6) is 5.75 Å². The third-order valence-corrected chi connectivity index (χ3v) is 3.95. The summed E-state index contributed by atoms with van der Waals surface area (Å²) in [7, 11) is 1.64. The molecule has 1 aromatic carbocycles. The zero-order valence-corrected chi connectivity index (χ0v) is 12.4. The van der Waals surface area contributed by atoms with Gasteiger partial charge in [0.25, 0.3) is 0 Å². The summed E-state index contributed by atoms with van der Waals surface area (Å²) in [6.45, 7) is 0. The number of amides is 2. The van der Waals surface area contributed by atoms with Gasteiger partial charge in [0.05, 0.1) is 7.11 Å². The van der Waals surface area contributed by atoms with Gasteiger partial charge in [-0.1, -0.05) is 23.5 Å². The van der Waals surface area contributed by atoms with Crippen molar-refractivity contribution in [1.82, 2.24) is 15.5 Å². The summed E-state index contributed by atoms with van der Waals surface area (Å²) in [5.74, 6) is 0.829. The van der Waals surface area contributed by atoms with E-state index in [1.54, 1.807) is 7.11 Å². The summed E-state index contributed by atoms with van der Waals surface area (Å²) in [5.41, 5.74) is 1.13. The number of benzene rings is 1. The zero-order chi connectivity index (χ0) is 14.7. The smallest absolute Gasteiger partial charge is 0.321 e. The van der Waals surface area contributed by atoms with Gasteiger partial charge in [-0.15, -0.1) is 10.2 Å². The number of rotatable bonds is 5. The van der Waals surface area contributed by atoms with Gasteiger partial charge < -0.3 is 10.1 Å². The quantitative estimate of drug-likeness (QED) is 0.889. The van der Waals surface area contributed by atoms with E-state index in [-0.39, 0.29) is 6.03 Å². The number of anilines is 1. The van der Waals surface area contributed by atoms with Gasteiger partial charge in [0.1, 0.15) is 10.8 Å². The molecule has 0 atom stereocenters. The molecular weight excluding hydrogens is 288 g/mol. The summed E-state index contributed by atoms with van der Waals surface area (Å²) < 4.78 is 5.12. The molecule has 2 amide bonds. The zero-order valence-electron chi connectivity index (χ0n) is 11.6. The Morgan fingerprint density at radius 3 is 2.76 bits per heavy atom. The van der Waals surface area contributed by atoms with Crippen LogP contribution in [-0.4, -0.2) is 29.4 Å². The third-order valence-electron chi connectivity index (χ3n) is 3.11. The molecule has 110 valence electrons. The maximum absolute atomic E-state index is 11.6. The van der Waals surface area contributed by atoms with Crippen molar-refractivity contribution in [3.63, 3.8) is 0 Å². The van der Waals surface area contributed by atoms with Crippen molar-refractivity contribution in [1.29, 1.82) is 0 Å². The van der Waals surface area contributed by atoms with Crippen LogP contribution in [0.4, 0.5) is 9.93 Å². The second-order valence-corrected chi connectivity index (χ2v) is 5.96. The average Bonchev–Trinajstić information content (AvgIpc) is 3.19. The molecule has 2 aromatic rings. The molecule has 1 aliphatic rings. The molecule has 0 aliphatic heterocycles. The lowest BCUT2D eigenvalue weighted by molar-refractivity contribution is 0.251. The Morgan fingerprint density at radius 1 is 1.33 bits per heavy atom. The van der Waals surface area contributed by atoms with Crippen molar-refractivity contribution in [3.05, 3.63) is 34.8 Å². The van der Waals surface area contributed by atoms with Crippen LogP contribution in [0.3, 0.4) is 0 Å². The lowest BCUT2D eigenvalue weighted by Gasteiger charge is -2.02. The molecule has 2 N–H and O–H groups in total. The minimum absolute atomic E-state index is 0.204. The van der Waals surface area contributed by atoms with E-state index < -0.39 is 0 Å². The highest BCUT2D eigenvalue weighted by Gasteiger charge is 2.23. The fourth-order valence-electron chi connectivity index (χ4n) is 1.84. The highest BCUT2D eigenvalue weighted by atomic mass is 32.1. The minimum atomic E-state index is -0.204. The number of nitrogens with one attached hydrogen (secondary N) is 2. The first-order valence-electron chi connectivity index (χ1n) is 6.76. The van der Waals surface area contributed by atoms with Crippen LogP contribution in [0.15, 0.2) is 24.3 Å². The van der Waals surface area contributed by atoms with Crippen molar-refractivity contribution in [3.8, 4) is 5.75 Å². The molecule has 0 bridgehead atoms. The third kappa shape index (κ3) is 3.91. The molecule has 3 rings (SSSR count). The number of carbonyl (C=O) groups is 1. The Balaban J connectivity index is 1.57. The topological polar surface area (TPSA) is 76.1 Å². The van der Waals surface area contributed by atoms with Crippen molar-refractivity contribution in [2.45, 2.75) is 25.3 Å². The first-order chi connectivity index (χ1) is 10.2. The maximum Gasteiger partial charge on any atom is 0.321 e. The minimum Gasteiger partial charge on any atom is -0.497 e. The predicted molar refractivity (Wildman–Crippen MR) is 80.9 cm³/mol. The number of carbonyl (C=O) groups excluding carboxylic acids is 1. The molecule has 1 fully saturated rings. The number of hydrogen-bond acceptors (Lipinski definition) is 5. The molecule has 21 heavy (non-hydrogen) atoms. The lowest BCUT2D eigenvalue weighted by Crippen LogP contribution is -2.30. The molecule has 0 unspecified atom stereocenters. The van der Waals surface area contributed by atoms with E-state index in [0.29, 0.717) is 17.6 Å². The van der Waals surface area contributed by atoms with E-state index in [1.165, 1.54) is 11.3 Å². The number of urea groups is 1. The molecule has 0 spiro atoms. The fraction of sp³-hybridized carbons (Fsp3) is 0.357. The molecule has 7 heteroatoms. The van der Waals surface area contributed by atoms with Crippen LogP contribution < -0.4 is 15.4 Å². The normalized spacial score (nSPS) is 13.8. The van der Waals surface area contributed by atoms with Gasteiger partial charge in [-0.3, -0.25) is 5.32 Å². The molecule has 1 aliphatic carbocycles. The van der Waals surface area contributed by atoms with Gasteiger partial charge in [0.15, 0.2) is 0 Å². The van der Waals surface area contributed by atoms with Crippen LogP contribution in [0.2, 0.25) is 0 Å². The summed E-state index contributed by atoms with van der Waals surface area (Å²) in [4.78, 5) is 11.6. The van der Waals surface area contributed by atoms with Gasteiger partial charge in [-0.2, -0.15) is 0 Å². The van der Waals surface area contributed by atoms with Crippen LogP contribution in [0.25, 0.3) is 0 Å². The monoisotopic (exact) mass is 304 g/mol. The van der Waals surface area contributed by atoms with Crippen molar-refractivity contribution in [2.75, 3.05) is 12.4 Å². The van der Waals surface area contributed by atoms with E-state index in [4.69, 9.17) is 4.74 Å². The van der Waals surface area contributed by atoms with Crippen LogP contribution in [-0.2, 0) is 6.42 Å². The first-order valence-corrected chi connectivity index (χ1v) is 7.57.